The van der Waals surface area contributed by atoms with E-state index in [0.29, 0.717) is 31.7 Å². The number of halogens is 1. The van der Waals surface area contributed by atoms with E-state index in [2.05, 4.69) is 15.1 Å². The summed E-state index contributed by atoms with van der Waals surface area (Å²) < 4.78 is 18.7. The summed E-state index contributed by atoms with van der Waals surface area (Å²) in [4.78, 5) is 30.8. The zero-order valence-electron chi connectivity index (χ0n) is 18.2. The fraction of sp³-hybridized carbons (Fsp3) is 0.440. The van der Waals surface area contributed by atoms with Crippen LogP contribution in [-0.2, 0) is 16.1 Å². The van der Waals surface area contributed by atoms with Crippen LogP contribution in [0.5, 0.6) is 0 Å². The molecule has 2 aromatic rings. The monoisotopic (exact) mass is 439 g/mol. The van der Waals surface area contributed by atoms with Crippen molar-refractivity contribution in [1.29, 1.82) is 0 Å². The Balaban J connectivity index is 1.42. The van der Waals surface area contributed by atoms with Crippen LogP contribution in [0.2, 0.25) is 0 Å². The third-order valence-corrected chi connectivity index (χ3v) is 6.28. The molecule has 2 aromatic carbocycles. The molecule has 0 spiro atoms. The molecule has 1 N–H and O–H groups in total. The third-order valence-electron chi connectivity index (χ3n) is 6.28. The maximum atomic E-state index is 13.3. The first-order valence-electron chi connectivity index (χ1n) is 11.2. The first-order chi connectivity index (χ1) is 15.6. The van der Waals surface area contributed by atoms with E-state index in [4.69, 9.17) is 4.74 Å². The number of nitrogens with zero attached hydrogens (tertiary/aromatic N) is 2. The maximum Gasteiger partial charge on any atom is 0.225 e. The molecule has 170 valence electrons. The zero-order valence-corrected chi connectivity index (χ0v) is 18.2. The Kier molecular flexibility index (Phi) is 7.63. The number of likely N-dealkylation sites (tertiary alicyclic amines) is 1. The molecule has 2 aliphatic rings. The standard InChI is InChI=1S/C25H30FN3O3/c26-21-8-6-20(7-9-21)24(30)22-17-29(16-19-4-2-1-3-5-19)18-23(22)25(31)27-10-11-28-12-14-32-15-13-28/h1-9,22-23H,10-18H2,(H,27,31)/t22-,23-/m1/s1. The van der Waals surface area contributed by atoms with Crippen molar-refractivity contribution in [2.24, 2.45) is 11.8 Å². The van der Waals surface area contributed by atoms with E-state index < -0.39 is 11.8 Å². The minimum absolute atomic E-state index is 0.0886. The van der Waals surface area contributed by atoms with Gasteiger partial charge in [-0.1, -0.05) is 30.3 Å². The summed E-state index contributed by atoms with van der Waals surface area (Å²) in [5.74, 6) is -1.45. The molecule has 2 fully saturated rings. The number of nitrogens with one attached hydrogen (secondary N) is 1. The van der Waals surface area contributed by atoms with E-state index in [1.165, 1.54) is 24.3 Å². The number of carbonyl (C=O) groups is 2. The topological polar surface area (TPSA) is 61.9 Å². The number of carbonyl (C=O) groups excluding carboxylic acids is 2. The predicted octanol–water partition coefficient (Wildman–Crippen LogP) is 2.21. The lowest BCUT2D eigenvalue weighted by atomic mass is 9.88. The Bertz CT molecular complexity index is 900. The number of hydrogen-bond donors (Lipinski definition) is 1. The maximum absolute atomic E-state index is 13.3. The molecule has 0 aliphatic carbocycles. The SMILES string of the molecule is O=C(NCCN1CCOCC1)[C@@H]1CN(Cc2ccccc2)C[C@H]1C(=O)c1ccc(F)cc1. The van der Waals surface area contributed by atoms with Crippen molar-refractivity contribution in [2.45, 2.75) is 6.54 Å². The first-order valence-corrected chi connectivity index (χ1v) is 11.2. The van der Waals surface area contributed by atoms with Crippen LogP contribution in [0.3, 0.4) is 0 Å². The number of benzene rings is 2. The molecule has 2 saturated heterocycles. The molecule has 2 heterocycles. The molecule has 7 heteroatoms. The van der Waals surface area contributed by atoms with Gasteiger partial charge in [-0.2, -0.15) is 0 Å². The molecule has 2 aliphatic heterocycles. The molecule has 32 heavy (non-hydrogen) atoms. The highest BCUT2D eigenvalue weighted by atomic mass is 19.1. The summed E-state index contributed by atoms with van der Waals surface area (Å²) in [7, 11) is 0. The van der Waals surface area contributed by atoms with Crippen molar-refractivity contribution in [3.63, 3.8) is 0 Å². The quantitative estimate of drug-likeness (QED) is 0.639. The lowest BCUT2D eigenvalue weighted by Crippen LogP contribution is -2.44. The lowest BCUT2D eigenvalue weighted by Gasteiger charge is -2.27. The summed E-state index contributed by atoms with van der Waals surface area (Å²) in [5, 5.41) is 3.04. The number of Topliss-reactive ketones (excluding diaryl/α,β-unsaturated/α-hetero) is 1. The Hall–Kier alpha value is -2.61. The first kappa shape index (κ1) is 22.6. The highest BCUT2D eigenvalue weighted by Crippen LogP contribution is 2.28. The van der Waals surface area contributed by atoms with Crippen molar-refractivity contribution in [3.8, 4) is 0 Å². The molecule has 0 bridgehead atoms. The highest BCUT2D eigenvalue weighted by molar-refractivity contribution is 6.01. The van der Waals surface area contributed by atoms with E-state index >= 15 is 0 Å². The largest absolute Gasteiger partial charge is 0.379 e. The van der Waals surface area contributed by atoms with Gasteiger partial charge in [-0.25, -0.2) is 4.39 Å². The van der Waals surface area contributed by atoms with Gasteiger partial charge >= 0.3 is 0 Å². The average Bonchev–Trinajstić information content (AvgIpc) is 3.24. The number of morpholine rings is 1. The van der Waals surface area contributed by atoms with Gasteiger partial charge in [0.2, 0.25) is 5.91 Å². The summed E-state index contributed by atoms with van der Waals surface area (Å²) >= 11 is 0. The van der Waals surface area contributed by atoms with Gasteiger partial charge in [0.15, 0.2) is 5.78 Å². The van der Waals surface area contributed by atoms with Crippen LogP contribution in [0.4, 0.5) is 4.39 Å². The number of ketones is 1. The van der Waals surface area contributed by atoms with E-state index in [-0.39, 0.29) is 17.5 Å². The Morgan fingerprint density at radius 1 is 0.938 bits per heavy atom. The Morgan fingerprint density at radius 3 is 2.34 bits per heavy atom. The van der Waals surface area contributed by atoms with Crippen LogP contribution >= 0.6 is 0 Å². The second-order valence-electron chi connectivity index (χ2n) is 8.51. The van der Waals surface area contributed by atoms with Gasteiger partial charge in [0.25, 0.3) is 0 Å². The Morgan fingerprint density at radius 2 is 1.62 bits per heavy atom. The van der Waals surface area contributed by atoms with Crippen molar-refractivity contribution >= 4 is 11.7 Å². The van der Waals surface area contributed by atoms with Crippen LogP contribution in [0.25, 0.3) is 0 Å². The zero-order chi connectivity index (χ0) is 22.3. The fourth-order valence-corrected chi connectivity index (χ4v) is 4.51. The predicted molar refractivity (Wildman–Crippen MR) is 120 cm³/mol. The number of rotatable bonds is 8. The normalized spacial score (nSPS) is 22.0. The summed E-state index contributed by atoms with van der Waals surface area (Å²) in [6.07, 6.45) is 0. The molecule has 4 rings (SSSR count). The molecule has 2 atom stereocenters. The number of amides is 1. The van der Waals surface area contributed by atoms with Crippen molar-refractivity contribution in [2.75, 3.05) is 52.5 Å². The molecular formula is C25H30FN3O3. The van der Waals surface area contributed by atoms with Crippen molar-refractivity contribution < 1.29 is 18.7 Å². The van der Waals surface area contributed by atoms with E-state index in [1.807, 2.05) is 30.3 Å². The Labute approximate surface area is 188 Å². The van der Waals surface area contributed by atoms with Crippen LogP contribution in [-0.4, -0.2) is 74.0 Å². The van der Waals surface area contributed by atoms with Gasteiger partial charge < -0.3 is 10.1 Å². The second kappa shape index (κ2) is 10.8. The van der Waals surface area contributed by atoms with Crippen molar-refractivity contribution in [1.82, 2.24) is 15.1 Å². The molecule has 6 nitrogen and oxygen atoms in total. The summed E-state index contributed by atoms with van der Waals surface area (Å²) in [6, 6.07) is 15.6. The van der Waals surface area contributed by atoms with Gasteiger partial charge in [0.1, 0.15) is 5.82 Å². The molecule has 0 radical (unpaired) electrons. The minimum atomic E-state index is -0.451. The fourth-order valence-electron chi connectivity index (χ4n) is 4.51. The van der Waals surface area contributed by atoms with Gasteiger partial charge in [0, 0.05) is 57.3 Å². The van der Waals surface area contributed by atoms with Gasteiger partial charge in [-0.05, 0) is 29.8 Å². The number of hydrogen-bond acceptors (Lipinski definition) is 5. The molecular weight excluding hydrogens is 409 g/mol. The van der Waals surface area contributed by atoms with E-state index in [1.54, 1.807) is 0 Å². The minimum Gasteiger partial charge on any atom is -0.379 e. The average molecular weight is 440 g/mol. The molecule has 1 amide bonds. The molecule has 0 aromatic heterocycles. The van der Waals surface area contributed by atoms with Gasteiger partial charge in [-0.3, -0.25) is 19.4 Å². The smallest absolute Gasteiger partial charge is 0.225 e. The number of ether oxygens (including phenoxy) is 1. The highest BCUT2D eigenvalue weighted by Gasteiger charge is 2.41. The van der Waals surface area contributed by atoms with Crippen LogP contribution in [0.15, 0.2) is 54.6 Å². The van der Waals surface area contributed by atoms with Gasteiger partial charge in [0.05, 0.1) is 19.1 Å². The van der Waals surface area contributed by atoms with Crippen LogP contribution in [0, 0.1) is 17.7 Å². The van der Waals surface area contributed by atoms with E-state index in [0.717, 1.165) is 38.4 Å². The molecule has 0 unspecified atom stereocenters. The second-order valence-corrected chi connectivity index (χ2v) is 8.51. The summed E-state index contributed by atoms with van der Waals surface area (Å²) in [6.45, 7) is 6.22. The van der Waals surface area contributed by atoms with Crippen LogP contribution < -0.4 is 5.32 Å². The van der Waals surface area contributed by atoms with E-state index in [9.17, 15) is 14.0 Å². The van der Waals surface area contributed by atoms with Crippen LogP contribution in [0.1, 0.15) is 15.9 Å². The third kappa shape index (κ3) is 5.79. The molecule has 0 saturated carbocycles. The lowest BCUT2D eigenvalue weighted by molar-refractivity contribution is -0.125. The summed E-state index contributed by atoms with van der Waals surface area (Å²) in [5.41, 5.74) is 1.60. The van der Waals surface area contributed by atoms with Gasteiger partial charge in [-0.15, -0.1) is 0 Å². The van der Waals surface area contributed by atoms with Crippen molar-refractivity contribution in [3.05, 3.63) is 71.5 Å².